The molecule has 1 saturated carbocycles. The Kier molecular flexibility index (Phi) is 3.99. The first-order valence-corrected chi connectivity index (χ1v) is 7.41. The van der Waals surface area contributed by atoms with E-state index >= 15 is 0 Å². The molecule has 3 rings (SSSR count). The number of urea groups is 1. The minimum Gasteiger partial charge on any atom is -0.322 e. The number of hydrogen-bond donors (Lipinski definition) is 1. The maximum atomic E-state index is 12.5. The van der Waals surface area contributed by atoms with E-state index < -0.39 is 11.7 Å². The van der Waals surface area contributed by atoms with Crippen molar-refractivity contribution in [2.24, 2.45) is 0 Å². The molecule has 1 saturated heterocycles. The number of carbonyl (C=O) groups is 1. The SMILES string of the molecule is O=C(Nc1ccc(C(F)(F)F)cc1)N1CCN(C2CC2)CC1. The van der Waals surface area contributed by atoms with Crippen LogP contribution in [0.3, 0.4) is 0 Å². The first-order chi connectivity index (χ1) is 10.4. The summed E-state index contributed by atoms with van der Waals surface area (Å²) in [5, 5.41) is 2.65. The molecule has 1 aromatic carbocycles. The lowest BCUT2D eigenvalue weighted by Gasteiger charge is -2.34. The number of rotatable bonds is 2. The molecule has 1 aliphatic carbocycles. The highest BCUT2D eigenvalue weighted by molar-refractivity contribution is 5.89. The van der Waals surface area contributed by atoms with Gasteiger partial charge in [0.1, 0.15) is 0 Å². The van der Waals surface area contributed by atoms with Gasteiger partial charge in [-0.15, -0.1) is 0 Å². The van der Waals surface area contributed by atoms with Gasteiger partial charge in [0.15, 0.2) is 0 Å². The van der Waals surface area contributed by atoms with Crippen molar-refractivity contribution in [3.05, 3.63) is 29.8 Å². The number of halogens is 3. The minimum absolute atomic E-state index is 0.254. The molecule has 0 unspecified atom stereocenters. The molecule has 7 heteroatoms. The van der Waals surface area contributed by atoms with Crippen molar-refractivity contribution in [1.82, 2.24) is 9.80 Å². The number of carbonyl (C=O) groups excluding carboxylic acids is 1. The zero-order chi connectivity index (χ0) is 15.7. The summed E-state index contributed by atoms with van der Waals surface area (Å²) in [5.74, 6) is 0. The van der Waals surface area contributed by atoms with Crippen LogP contribution in [0.15, 0.2) is 24.3 Å². The van der Waals surface area contributed by atoms with Crippen molar-refractivity contribution in [1.29, 1.82) is 0 Å². The summed E-state index contributed by atoms with van der Waals surface area (Å²) in [6, 6.07) is 4.94. The molecule has 22 heavy (non-hydrogen) atoms. The molecule has 1 aromatic rings. The van der Waals surface area contributed by atoms with Crippen LogP contribution in [0.4, 0.5) is 23.7 Å². The third kappa shape index (κ3) is 3.52. The molecular formula is C15H18F3N3O. The van der Waals surface area contributed by atoms with E-state index in [1.165, 1.54) is 25.0 Å². The maximum Gasteiger partial charge on any atom is 0.416 e. The van der Waals surface area contributed by atoms with Crippen molar-refractivity contribution in [2.75, 3.05) is 31.5 Å². The largest absolute Gasteiger partial charge is 0.416 e. The number of alkyl halides is 3. The van der Waals surface area contributed by atoms with Crippen molar-refractivity contribution < 1.29 is 18.0 Å². The molecule has 1 heterocycles. The van der Waals surface area contributed by atoms with Crippen LogP contribution in [0.2, 0.25) is 0 Å². The maximum absolute atomic E-state index is 12.5. The second kappa shape index (κ2) is 5.79. The van der Waals surface area contributed by atoms with Crippen LogP contribution in [-0.2, 0) is 6.18 Å². The molecule has 2 aliphatic rings. The normalized spacial score (nSPS) is 20.0. The van der Waals surface area contributed by atoms with E-state index in [1.54, 1.807) is 4.90 Å². The molecule has 0 radical (unpaired) electrons. The molecule has 0 spiro atoms. The highest BCUT2D eigenvalue weighted by Crippen LogP contribution is 2.30. The van der Waals surface area contributed by atoms with E-state index in [0.717, 1.165) is 25.2 Å². The summed E-state index contributed by atoms with van der Waals surface area (Å²) in [4.78, 5) is 16.2. The second-order valence-corrected chi connectivity index (χ2v) is 5.76. The van der Waals surface area contributed by atoms with Crippen LogP contribution >= 0.6 is 0 Å². The third-order valence-corrected chi connectivity index (χ3v) is 4.13. The number of benzene rings is 1. The lowest BCUT2D eigenvalue weighted by Crippen LogP contribution is -2.50. The summed E-state index contributed by atoms with van der Waals surface area (Å²) in [5.41, 5.74) is -0.342. The predicted octanol–water partition coefficient (Wildman–Crippen LogP) is 3.02. The number of piperazine rings is 1. The Labute approximate surface area is 126 Å². The third-order valence-electron chi connectivity index (χ3n) is 4.13. The van der Waals surface area contributed by atoms with Gasteiger partial charge in [0.05, 0.1) is 5.56 Å². The Bertz CT molecular complexity index is 532. The average molecular weight is 313 g/mol. The lowest BCUT2D eigenvalue weighted by atomic mass is 10.2. The van der Waals surface area contributed by atoms with Crippen molar-refractivity contribution in [3.63, 3.8) is 0 Å². The zero-order valence-electron chi connectivity index (χ0n) is 12.1. The van der Waals surface area contributed by atoms with Gasteiger partial charge in [-0.3, -0.25) is 4.90 Å². The van der Waals surface area contributed by atoms with Gasteiger partial charge in [-0.05, 0) is 37.1 Å². The smallest absolute Gasteiger partial charge is 0.322 e. The Morgan fingerprint density at radius 2 is 1.64 bits per heavy atom. The summed E-state index contributed by atoms with van der Waals surface area (Å²) in [6.45, 7) is 3.04. The number of amides is 2. The Balaban J connectivity index is 1.53. The van der Waals surface area contributed by atoms with E-state index in [1.807, 2.05) is 0 Å². The van der Waals surface area contributed by atoms with Crippen LogP contribution in [0.5, 0.6) is 0 Å². The molecule has 0 aromatic heterocycles. The lowest BCUT2D eigenvalue weighted by molar-refractivity contribution is -0.137. The second-order valence-electron chi connectivity index (χ2n) is 5.76. The molecule has 0 atom stereocenters. The fourth-order valence-corrected chi connectivity index (χ4v) is 2.67. The fraction of sp³-hybridized carbons (Fsp3) is 0.533. The van der Waals surface area contributed by atoms with Gasteiger partial charge in [0.2, 0.25) is 0 Å². The van der Waals surface area contributed by atoms with Crippen LogP contribution in [-0.4, -0.2) is 48.1 Å². The number of hydrogen-bond acceptors (Lipinski definition) is 2. The van der Waals surface area contributed by atoms with Crippen molar-refractivity contribution in [3.8, 4) is 0 Å². The molecule has 2 amide bonds. The topological polar surface area (TPSA) is 35.6 Å². The van der Waals surface area contributed by atoms with E-state index in [4.69, 9.17) is 0 Å². The van der Waals surface area contributed by atoms with E-state index in [-0.39, 0.29) is 6.03 Å². The summed E-state index contributed by atoms with van der Waals surface area (Å²) < 4.78 is 37.4. The highest BCUT2D eigenvalue weighted by Gasteiger charge is 2.32. The Morgan fingerprint density at radius 3 is 2.14 bits per heavy atom. The summed E-state index contributed by atoms with van der Waals surface area (Å²) in [6.07, 6.45) is -1.86. The van der Waals surface area contributed by atoms with E-state index in [0.29, 0.717) is 24.8 Å². The molecule has 120 valence electrons. The van der Waals surface area contributed by atoms with Gasteiger partial charge in [-0.1, -0.05) is 0 Å². The molecule has 2 fully saturated rings. The van der Waals surface area contributed by atoms with Crippen LogP contribution < -0.4 is 5.32 Å². The first-order valence-electron chi connectivity index (χ1n) is 7.41. The fourth-order valence-electron chi connectivity index (χ4n) is 2.67. The van der Waals surface area contributed by atoms with Crippen molar-refractivity contribution in [2.45, 2.75) is 25.1 Å². The van der Waals surface area contributed by atoms with Gasteiger partial charge in [-0.25, -0.2) is 4.79 Å². The molecule has 1 aliphatic heterocycles. The predicted molar refractivity (Wildman–Crippen MR) is 76.6 cm³/mol. The minimum atomic E-state index is -4.36. The van der Waals surface area contributed by atoms with Crippen molar-refractivity contribution >= 4 is 11.7 Å². The molecule has 4 nitrogen and oxygen atoms in total. The molecular weight excluding hydrogens is 295 g/mol. The highest BCUT2D eigenvalue weighted by atomic mass is 19.4. The standard InChI is InChI=1S/C15H18F3N3O/c16-15(17,18)11-1-3-12(4-2-11)19-14(22)21-9-7-20(8-10-21)13-5-6-13/h1-4,13H,5-10H2,(H,19,22). The molecule has 1 N–H and O–H groups in total. The van der Waals surface area contributed by atoms with Crippen LogP contribution in [0.1, 0.15) is 18.4 Å². The number of nitrogens with zero attached hydrogens (tertiary/aromatic N) is 2. The van der Waals surface area contributed by atoms with E-state index in [2.05, 4.69) is 10.2 Å². The van der Waals surface area contributed by atoms with Gasteiger partial charge in [-0.2, -0.15) is 13.2 Å². The number of nitrogens with one attached hydrogen (secondary N) is 1. The summed E-state index contributed by atoms with van der Waals surface area (Å²) >= 11 is 0. The molecule has 0 bridgehead atoms. The average Bonchev–Trinajstić information content (AvgIpc) is 3.32. The van der Waals surface area contributed by atoms with E-state index in [9.17, 15) is 18.0 Å². The Morgan fingerprint density at radius 1 is 1.05 bits per heavy atom. The van der Waals surface area contributed by atoms with Gasteiger partial charge >= 0.3 is 12.2 Å². The zero-order valence-corrected chi connectivity index (χ0v) is 12.1. The Hall–Kier alpha value is -1.76. The van der Waals surface area contributed by atoms with Gasteiger partial charge in [0, 0.05) is 37.9 Å². The first kappa shape index (κ1) is 15.1. The van der Waals surface area contributed by atoms with Gasteiger partial charge < -0.3 is 10.2 Å². The van der Waals surface area contributed by atoms with Gasteiger partial charge in [0.25, 0.3) is 0 Å². The monoisotopic (exact) mass is 313 g/mol. The number of anilines is 1. The van der Waals surface area contributed by atoms with Crippen LogP contribution in [0, 0.1) is 0 Å². The summed E-state index contributed by atoms with van der Waals surface area (Å²) in [7, 11) is 0. The van der Waals surface area contributed by atoms with Crippen LogP contribution in [0.25, 0.3) is 0 Å². The quantitative estimate of drug-likeness (QED) is 0.911.